The third-order valence-electron chi connectivity index (χ3n) is 3.49. The minimum absolute atomic E-state index is 0.0679. The van der Waals surface area contributed by atoms with Gasteiger partial charge < -0.3 is 4.74 Å². The molecule has 0 aliphatic carbocycles. The Balaban J connectivity index is 1.91. The van der Waals surface area contributed by atoms with E-state index in [2.05, 4.69) is 10.5 Å². The van der Waals surface area contributed by atoms with Crippen LogP contribution in [0.2, 0.25) is 5.02 Å². The van der Waals surface area contributed by atoms with Crippen molar-refractivity contribution in [3.8, 4) is 0 Å². The molecule has 1 aromatic carbocycles. The zero-order chi connectivity index (χ0) is 15.9. The Bertz CT molecular complexity index is 686. The van der Waals surface area contributed by atoms with Crippen LogP contribution < -0.4 is 10.3 Å². The summed E-state index contributed by atoms with van der Waals surface area (Å²) >= 11 is 5.81. The molecule has 1 N–H and O–H groups in total. The fourth-order valence-electron chi connectivity index (χ4n) is 2.51. The van der Waals surface area contributed by atoms with Crippen molar-refractivity contribution >= 4 is 40.8 Å². The number of nitrogens with zero attached hydrogens (tertiary/aromatic N) is 2. The van der Waals surface area contributed by atoms with Gasteiger partial charge in [0.25, 0.3) is 5.91 Å². The van der Waals surface area contributed by atoms with Gasteiger partial charge in [0, 0.05) is 5.02 Å². The highest BCUT2D eigenvalue weighted by Gasteiger charge is 2.55. The molecule has 2 aliphatic heterocycles. The van der Waals surface area contributed by atoms with Crippen molar-refractivity contribution in [3.05, 3.63) is 29.3 Å². The number of amides is 2. The second kappa shape index (κ2) is 5.42. The maximum Gasteiger partial charge on any atom is 0.355 e. The van der Waals surface area contributed by atoms with E-state index in [1.807, 2.05) is 0 Å². The molecule has 8 heteroatoms. The highest BCUT2D eigenvalue weighted by atomic mass is 35.5. The standard InChI is InChI=1S/C14H12ClN3O4/c1-2-22-14(21)11-9-10(16-17-11)13(20)18(12(9)19)8-5-3-7(15)4-6-8/h3-6,9-10,16H,2H2,1H3/t9-,10+/m0/s1. The summed E-state index contributed by atoms with van der Waals surface area (Å²) in [4.78, 5) is 37.8. The predicted molar refractivity (Wildman–Crippen MR) is 78.4 cm³/mol. The number of hydrogen-bond acceptors (Lipinski definition) is 6. The Kier molecular flexibility index (Phi) is 3.58. The number of benzene rings is 1. The molecular weight excluding hydrogens is 310 g/mol. The molecule has 114 valence electrons. The van der Waals surface area contributed by atoms with Gasteiger partial charge in [-0.1, -0.05) is 11.6 Å². The summed E-state index contributed by atoms with van der Waals surface area (Å²) in [6.07, 6.45) is 0. The fraction of sp³-hybridized carbons (Fsp3) is 0.286. The minimum Gasteiger partial charge on any atom is -0.461 e. The van der Waals surface area contributed by atoms with Crippen LogP contribution in [-0.4, -0.2) is 36.1 Å². The van der Waals surface area contributed by atoms with Crippen molar-refractivity contribution in [1.82, 2.24) is 5.43 Å². The zero-order valence-electron chi connectivity index (χ0n) is 11.6. The number of nitrogens with one attached hydrogen (secondary N) is 1. The molecule has 2 aliphatic rings. The van der Waals surface area contributed by atoms with Gasteiger partial charge in [0.2, 0.25) is 5.91 Å². The van der Waals surface area contributed by atoms with E-state index in [0.29, 0.717) is 10.7 Å². The van der Waals surface area contributed by atoms with E-state index < -0.39 is 29.7 Å². The summed E-state index contributed by atoms with van der Waals surface area (Å²) in [5, 5.41) is 4.28. The van der Waals surface area contributed by atoms with Gasteiger partial charge in [0.1, 0.15) is 12.0 Å². The maximum atomic E-state index is 12.5. The van der Waals surface area contributed by atoms with E-state index in [9.17, 15) is 14.4 Å². The van der Waals surface area contributed by atoms with Crippen LogP contribution in [0.15, 0.2) is 29.4 Å². The first kappa shape index (κ1) is 14.5. The van der Waals surface area contributed by atoms with Crippen LogP contribution in [0.1, 0.15) is 6.92 Å². The first-order chi connectivity index (χ1) is 10.5. The second-order valence-corrected chi connectivity index (χ2v) is 5.23. The second-order valence-electron chi connectivity index (χ2n) is 4.79. The Morgan fingerprint density at radius 1 is 1.32 bits per heavy atom. The molecule has 1 fully saturated rings. The number of rotatable bonds is 3. The lowest BCUT2D eigenvalue weighted by Gasteiger charge is -2.15. The van der Waals surface area contributed by atoms with E-state index in [1.165, 1.54) is 0 Å². The number of esters is 1. The largest absolute Gasteiger partial charge is 0.461 e. The van der Waals surface area contributed by atoms with E-state index in [-0.39, 0.29) is 12.3 Å². The Hall–Kier alpha value is -2.41. The lowest BCUT2D eigenvalue weighted by Crippen LogP contribution is -2.36. The lowest BCUT2D eigenvalue weighted by atomic mass is 9.99. The normalized spacial score (nSPS) is 23.2. The van der Waals surface area contributed by atoms with Gasteiger partial charge in [-0.15, -0.1) is 0 Å². The quantitative estimate of drug-likeness (QED) is 0.654. The van der Waals surface area contributed by atoms with Gasteiger partial charge in [-0.05, 0) is 31.2 Å². The van der Waals surface area contributed by atoms with E-state index in [0.717, 1.165) is 4.90 Å². The number of hydrazone groups is 1. The molecule has 2 atom stereocenters. The van der Waals surface area contributed by atoms with Gasteiger partial charge in [-0.25, -0.2) is 9.69 Å². The summed E-state index contributed by atoms with van der Waals surface area (Å²) in [5.74, 6) is -2.61. The molecule has 7 nitrogen and oxygen atoms in total. The highest BCUT2D eigenvalue weighted by Crippen LogP contribution is 2.31. The number of anilines is 1. The minimum atomic E-state index is -0.956. The van der Waals surface area contributed by atoms with Gasteiger partial charge in [-0.2, -0.15) is 5.10 Å². The van der Waals surface area contributed by atoms with Gasteiger partial charge in [0.05, 0.1) is 12.3 Å². The number of hydrogen-bond donors (Lipinski definition) is 1. The number of carbonyl (C=O) groups excluding carboxylic acids is 3. The van der Waals surface area contributed by atoms with E-state index in [1.54, 1.807) is 31.2 Å². The van der Waals surface area contributed by atoms with E-state index in [4.69, 9.17) is 16.3 Å². The zero-order valence-corrected chi connectivity index (χ0v) is 12.3. The van der Waals surface area contributed by atoms with Gasteiger partial charge in [-0.3, -0.25) is 15.0 Å². The molecule has 0 saturated carbocycles. The summed E-state index contributed by atoms with van der Waals surface area (Å²) < 4.78 is 4.87. The predicted octanol–water partition coefficient (Wildman–Crippen LogP) is 0.720. The first-order valence-electron chi connectivity index (χ1n) is 6.68. The summed E-state index contributed by atoms with van der Waals surface area (Å²) in [6, 6.07) is 5.43. The highest BCUT2D eigenvalue weighted by molar-refractivity contribution is 6.46. The van der Waals surface area contributed by atoms with Gasteiger partial charge in [0.15, 0.2) is 5.71 Å². The molecule has 3 rings (SSSR count). The summed E-state index contributed by atoms with van der Waals surface area (Å²) in [5.41, 5.74) is 2.88. The van der Waals surface area contributed by atoms with Crippen LogP contribution in [0.5, 0.6) is 0 Å². The SMILES string of the molecule is CCOC(=O)C1=NN[C@H]2C(=O)N(c3ccc(Cl)cc3)C(=O)[C@H]12. The molecular formula is C14H12ClN3O4. The van der Waals surface area contributed by atoms with Crippen molar-refractivity contribution in [2.45, 2.75) is 13.0 Å². The molecule has 2 amide bonds. The van der Waals surface area contributed by atoms with Gasteiger partial charge >= 0.3 is 5.97 Å². The molecule has 0 radical (unpaired) electrons. The molecule has 0 aromatic heterocycles. The van der Waals surface area contributed by atoms with Crippen molar-refractivity contribution in [2.24, 2.45) is 11.0 Å². The molecule has 0 unspecified atom stereocenters. The molecule has 0 bridgehead atoms. The molecule has 22 heavy (non-hydrogen) atoms. The van der Waals surface area contributed by atoms with Crippen LogP contribution in [0.4, 0.5) is 5.69 Å². The average molecular weight is 322 g/mol. The van der Waals surface area contributed by atoms with Crippen LogP contribution >= 0.6 is 11.6 Å². The number of imide groups is 1. The Morgan fingerprint density at radius 3 is 2.64 bits per heavy atom. The van der Waals surface area contributed by atoms with Crippen LogP contribution in [0, 0.1) is 5.92 Å². The summed E-state index contributed by atoms with van der Waals surface area (Å²) in [7, 11) is 0. The molecule has 1 aromatic rings. The number of halogens is 1. The topological polar surface area (TPSA) is 88.1 Å². The van der Waals surface area contributed by atoms with E-state index >= 15 is 0 Å². The monoisotopic (exact) mass is 321 g/mol. The number of fused-ring (bicyclic) bond motifs is 1. The fourth-order valence-corrected chi connectivity index (χ4v) is 2.63. The Labute approximate surface area is 130 Å². The third-order valence-corrected chi connectivity index (χ3v) is 3.75. The first-order valence-corrected chi connectivity index (χ1v) is 7.06. The van der Waals surface area contributed by atoms with Crippen LogP contribution in [-0.2, 0) is 19.1 Å². The smallest absolute Gasteiger partial charge is 0.355 e. The number of carbonyl (C=O) groups is 3. The van der Waals surface area contributed by atoms with Crippen LogP contribution in [0.25, 0.3) is 0 Å². The molecule has 2 heterocycles. The van der Waals surface area contributed by atoms with Crippen molar-refractivity contribution in [1.29, 1.82) is 0 Å². The Morgan fingerprint density at radius 2 is 2.00 bits per heavy atom. The molecule has 1 saturated heterocycles. The summed E-state index contributed by atoms with van der Waals surface area (Å²) in [6.45, 7) is 1.82. The van der Waals surface area contributed by atoms with Crippen molar-refractivity contribution in [2.75, 3.05) is 11.5 Å². The number of ether oxygens (including phenoxy) is 1. The van der Waals surface area contributed by atoms with Crippen molar-refractivity contribution in [3.63, 3.8) is 0 Å². The average Bonchev–Trinajstić information content (AvgIpc) is 3.03. The van der Waals surface area contributed by atoms with Crippen LogP contribution in [0.3, 0.4) is 0 Å². The van der Waals surface area contributed by atoms with Crippen molar-refractivity contribution < 1.29 is 19.1 Å². The third kappa shape index (κ3) is 2.14. The maximum absolute atomic E-state index is 12.5. The molecule has 0 spiro atoms. The lowest BCUT2D eigenvalue weighted by molar-refractivity contribution is -0.136.